The smallest absolute Gasteiger partial charge is 0.416 e. The van der Waals surface area contributed by atoms with Crippen LogP contribution in [0.2, 0.25) is 0 Å². The van der Waals surface area contributed by atoms with Crippen molar-refractivity contribution in [1.82, 2.24) is 0 Å². The lowest BCUT2D eigenvalue weighted by molar-refractivity contribution is -0.142. The summed E-state index contributed by atoms with van der Waals surface area (Å²) in [7, 11) is 0. The van der Waals surface area contributed by atoms with Crippen LogP contribution in [0.5, 0.6) is 5.75 Å². The van der Waals surface area contributed by atoms with Crippen molar-refractivity contribution in [3.8, 4) is 5.75 Å². The van der Waals surface area contributed by atoms with E-state index in [1.54, 1.807) is 6.07 Å². The lowest BCUT2D eigenvalue weighted by Crippen LogP contribution is -2.17. The van der Waals surface area contributed by atoms with Crippen molar-refractivity contribution in [2.75, 3.05) is 5.32 Å². The van der Waals surface area contributed by atoms with Crippen LogP contribution in [0.4, 0.5) is 23.2 Å². The van der Waals surface area contributed by atoms with E-state index in [1.165, 1.54) is 12.1 Å². The molecule has 2 unspecified atom stereocenters. The zero-order chi connectivity index (χ0) is 23.3. The first-order valence-corrected chi connectivity index (χ1v) is 10.9. The number of carbonyl (C=O) groups is 1. The molecule has 10 heteroatoms. The highest BCUT2D eigenvalue weighted by Crippen LogP contribution is 2.37. The van der Waals surface area contributed by atoms with Crippen molar-refractivity contribution >= 4 is 43.5 Å². The van der Waals surface area contributed by atoms with E-state index in [0.717, 1.165) is 18.6 Å². The first-order chi connectivity index (χ1) is 14.4. The summed E-state index contributed by atoms with van der Waals surface area (Å²) in [5.41, 5.74) is 0.299. The fraction of sp³-hybridized carbons (Fsp3) is 0.381. The first-order valence-electron chi connectivity index (χ1n) is 9.36. The number of anilines is 1. The lowest BCUT2D eigenvalue weighted by atomic mass is 10.1. The predicted molar refractivity (Wildman–Crippen MR) is 117 cm³/mol. The predicted octanol–water partition coefficient (Wildman–Crippen LogP) is 6.99. The molecular weight excluding hydrogens is 550 g/mol. The molecule has 0 saturated heterocycles. The molecule has 4 nitrogen and oxygen atoms in total. The molecule has 31 heavy (non-hydrogen) atoms. The van der Waals surface area contributed by atoms with Gasteiger partial charge in [-0.15, -0.1) is 0 Å². The van der Waals surface area contributed by atoms with Crippen molar-refractivity contribution in [1.29, 1.82) is 0 Å². The Bertz CT molecular complexity index is 914. The molecule has 2 rings (SSSR count). The van der Waals surface area contributed by atoms with E-state index in [-0.39, 0.29) is 19.1 Å². The normalized spacial score (nSPS) is 13.5. The average molecular weight is 571 g/mol. The number of hydrogen-bond acceptors (Lipinski definition) is 3. The Morgan fingerprint density at radius 3 is 2.26 bits per heavy atom. The van der Waals surface area contributed by atoms with Gasteiger partial charge in [0.25, 0.3) is 0 Å². The molecule has 0 aliphatic carbocycles. The second-order valence-corrected chi connectivity index (χ2v) is 8.77. The van der Waals surface area contributed by atoms with Gasteiger partial charge in [-0.05, 0) is 86.7 Å². The maximum Gasteiger partial charge on any atom is 0.416 e. The molecule has 0 bridgehead atoms. The van der Waals surface area contributed by atoms with E-state index in [4.69, 9.17) is 9.84 Å². The first kappa shape index (κ1) is 25.5. The number of aliphatic carboxylic acids is 1. The third-order valence-electron chi connectivity index (χ3n) is 4.47. The number of benzene rings is 2. The van der Waals surface area contributed by atoms with Crippen LogP contribution in [0.3, 0.4) is 0 Å². The fourth-order valence-corrected chi connectivity index (χ4v) is 4.24. The molecule has 2 aromatic rings. The third-order valence-corrected chi connectivity index (χ3v) is 5.65. The van der Waals surface area contributed by atoms with Gasteiger partial charge >= 0.3 is 12.1 Å². The number of ether oxygens (including phenoxy) is 1. The number of nitrogens with one attached hydrogen (secondary N) is 1. The second kappa shape index (κ2) is 10.7. The SMILES string of the molecule is CCC(C)Nc1cc(COc2c(Br)cc(CC(F)C(=O)O)cc2Br)cc(C(F)(F)F)c1. The van der Waals surface area contributed by atoms with Crippen LogP contribution in [0.15, 0.2) is 39.3 Å². The molecule has 0 aliphatic rings. The van der Waals surface area contributed by atoms with Gasteiger partial charge in [0.2, 0.25) is 6.17 Å². The minimum Gasteiger partial charge on any atom is -0.487 e. The Kier molecular flexibility index (Phi) is 8.76. The molecule has 0 heterocycles. The number of rotatable bonds is 9. The van der Waals surface area contributed by atoms with Gasteiger partial charge in [0.05, 0.1) is 14.5 Å². The van der Waals surface area contributed by atoms with Gasteiger partial charge in [-0.1, -0.05) is 6.92 Å². The van der Waals surface area contributed by atoms with Gasteiger partial charge in [-0.2, -0.15) is 13.2 Å². The summed E-state index contributed by atoms with van der Waals surface area (Å²) in [6, 6.07) is 6.70. The zero-order valence-electron chi connectivity index (χ0n) is 16.7. The van der Waals surface area contributed by atoms with E-state index >= 15 is 0 Å². The maximum absolute atomic E-state index is 13.5. The topological polar surface area (TPSA) is 58.6 Å². The Labute approximate surface area is 194 Å². The molecule has 0 saturated carbocycles. The van der Waals surface area contributed by atoms with E-state index in [2.05, 4.69) is 37.2 Å². The van der Waals surface area contributed by atoms with Gasteiger partial charge in [0, 0.05) is 18.2 Å². The monoisotopic (exact) mass is 569 g/mol. The van der Waals surface area contributed by atoms with Crippen molar-refractivity contribution in [3.63, 3.8) is 0 Å². The van der Waals surface area contributed by atoms with Crippen LogP contribution in [-0.2, 0) is 24.0 Å². The third kappa shape index (κ3) is 7.38. The Morgan fingerprint density at radius 1 is 1.13 bits per heavy atom. The lowest BCUT2D eigenvalue weighted by Gasteiger charge is -2.18. The Hall–Kier alpha value is -1.81. The summed E-state index contributed by atoms with van der Waals surface area (Å²) in [6.45, 7) is 3.66. The number of carboxylic acids is 1. The number of halogens is 6. The maximum atomic E-state index is 13.5. The average Bonchev–Trinajstić information content (AvgIpc) is 2.66. The van der Waals surface area contributed by atoms with Crippen molar-refractivity contribution in [2.24, 2.45) is 0 Å². The quantitative estimate of drug-likeness (QED) is 0.319. The highest BCUT2D eigenvalue weighted by Gasteiger charge is 2.31. The molecule has 0 fully saturated rings. The fourth-order valence-electron chi connectivity index (χ4n) is 2.73. The number of carboxylic acid groups (broad SMARTS) is 1. The minimum absolute atomic E-state index is 0.00165. The van der Waals surface area contributed by atoms with Gasteiger partial charge in [0.15, 0.2) is 0 Å². The molecule has 0 spiro atoms. The van der Waals surface area contributed by atoms with Gasteiger partial charge in [-0.25, -0.2) is 9.18 Å². The number of alkyl halides is 4. The highest BCUT2D eigenvalue weighted by atomic mass is 79.9. The standard InChI is InChI=1S/C21H21Br2F4NO3/c1-3-11(2)28-15-5-13(4-14(9-15)21(25,26)27)10-31-19-16(22)6-12(7-17(19)23)8-18(24)20(29)30/h4-7,9,11,18,28H,3,8,10H2,1-2H3,(H,29,30). The summed E-state index contributed by atoms with van der Waals surface area (Å²) in [5.74, 6) is -1.25. The van der Waals surface area contributed by atoms with E-state index in [9.17, 15) is 22.4 Å². The highest BCUT2D eigenvalue weighted by molar-refractivity contribution is 9.11. The molecule has 0 aromatic heterocycles. The second-order valence-electron chi connectivity index (χ2n) is 7.06. The molecule has 0 amide bonds. The van der Waals surface area contributed by atoms with E-state index < -0.39 is 23.9 Å². The minimum atomic E-state index is -4.50. The van der Waals surface area contributed by atoms with Gasteiger partial charge in [0.1, 0.15) is 12.4 Å². The van der Waals surface area contributed by atoms with Gasteiger partial charge in [-0.3, -0.25) is 0 Å². The summed E-state index contributed by atoms with van der Waals surface area (Å²) < 4.78 is 59.9. The van der Waals surface area contributed by atoms with Crippen molar-refractivity contribution in [2.45, 2.75) is 51.7 Å². The van der Waals surface area contributed by atoms with E-state index in [0.29, 0.717) is 31.5 Å². The Morgan fingerprint density at radius 2 is 1.74 bits per heavy atom. The number of hydrogen-bond donors (Lipinski definition) is 2. The van der Waals surface area contributed by atoms with Crippen LogP contribution < -0.4 is 10.1 Å². The van der Waals surface area contributed by atoms with Crippen LogP contribution in [-0.4, -0.2) is 23.3 Å². The summed E-state index contributed by atoms with van der Waals surface area (Å²) in [6.07, 6.45) is -6.13. The van der Waals surface area contributed by atoms with E-state index in [1.807, 2.05) is 13.8 Å². The molecular formula is C21H21Br2F4NO3. The van der Waals surface area contributed by atoms with Crippen molar-refractivity contribution in [3.05, 3.63) is 56.0 Å². The molecule has 170 valence electrons. The summed E-state index contributed by atoms with van der Waals surface area (Å²) in [4.78, 5) is 10.7. The van der Waals surface area contributed by atoms with Crippen LogP contribution in [0.1, 0.15) is 37.0 Å². The summed E-state index contributed by atoms with van der Waals surface area (Å²) >= 11 is 6.57. The molecule has 2 atom stereocenters. The van der Waals surface area contributed by atoms with Crippen LogP contribution >= 0.6 is 31.9 Å². The molecule has 0 aliphatic heterocycles. The van der Waals surface area contributed by atoms with Crippen molar-refractivity contribution < 1.29 is 32.2 Å². The summed E-state index contributed by atoms with van der Waals surface area (Å²) in [5, 5.41) is 11.8. The molecule has 2 N–H and O–H groups in total. The largest absolute Gasteiger partial charge is 0.487 e. The Balaban J connectivity index is 2.25. The molecule has 2 aromatic carbocycles. The van der Waals surface area contributed by atoms with Crippen LogP contribution in [0, 0.1) is 0 Å². The van der Waals surface area contributed by atoms with Gasteiger partial charge < -0.3 is 15.2 Å². The van der Waals surface area contributed by atoms with Crippen LogP contribution in [0.25, 0.3) is 0 Å². The molecule has 0 radical (unpaired) electrons. The zero-order valence-corrected chi connectivity index (χ0v) is 19.9.